The van der Waals surface area contributed by atoms with Crippen molar-refractivity contribution >= 4 is 29.7 Å². The minimum Gasteiger partial charge on any atom is -0.481 e. The standard InChI is InChI=1S/C21H36N2O9S/c24-18(25)5-6-28-7-8-29-9-10-30-11-12-31-13-14-32-19(26)4-2-1-3-17-20-16(15-33-17)22-21(27)23-20/h16-17,20H,1-15H2,(H,24,25)(H2,22,23,27). The lowest BCUT2D eigenvalue weighted by molar-refractivity contribution is -0.145. The number of amides is 2. The Bertz CT molecular complexity index is 596. The Balaban J connectivity index is 1.28. The third-order valence-corrected chi connectivity index (χ3v) is 6.63. The lowest BCUT2D eigenvalue weighted by atomic mass is 10.0. The van der Waals surface area contributed by atoms with Gasteiger partial charge in [0.1, 0.15) is 6.61 Å². The second-order valence-electron chi connectivity index (χ2n) is 7.68. The molecule has 3 N–H and O–H groups in total. The van der Waals surface area contributed by atoms with E-state index in [0.717, 1.165) is 25.0 Å². The van der Waals surface area contributed by atoms with Gasteiger partial charge in [-0.25, -0.2) is 4.79 Å². The van der Waals surface area contributed by atoms with Gasteiger partial charge in [-0.2, -0.15) is 11.8 Å². The summed E-state index contributed by atoms with van der Waals surface area (Å²) in [5.41, 5.74) is 0. The van der Waals surface area contributed by atoms with Crippen molar-refractivity contribution in [2.24, 2.45) is 0 Å². The summed E-state index contributed by atoms with van der Waals surface area (Å²) in [5, 5.41) is 14.8. The van der Waals surface area contributed by atoms with Crippen LogP contribution in [0.2, 0.25) is 0 Å². The van der Waals surface area contributed by atoms with Crippen LogP contribution in [0, 0.1) is 0 Å². The van der Waals surface area contributed by atoms with E-state index < -0.39 is 5.97 Å². The van der Waals surface area contributed by atoms with Gasteiger partial charge in [-0.05, 0) is 12.8 Å². The molecular formula is C21H36N2O9S. The van der Waals surface area contributed by atoms with Crippen LogP contribution in [0.1, 0.15) is 32.1 Å². The zero-order valence-corrected chi connectivity index (χ0v) is 19.8. The van der Waals surface area contributed by atoms with Crippen molar-refractivity contribution in [1.29, 1.82) is 0 Å². The Kier molecular flexibility index (Phi) is 14.2. The average Bonchev–Trinajstić information content (AvgIpc) is 3.33. The molecule has 2 aliphatic heterocycles. The van der Waals surface area contributed by atoms with Crippen molar-refractivity contribution in [1.82, 2.24) is 10.6 Å². The molecule has 0 bridgehead atoms. The first-order valence-electron chi connectivity index (χ1n) is 11.4. The molecule has 3 atom stereocenters. The van der Waals surface area contributed by atoms with Gasteiger partial charge in [-0.3, -0.25) is 9.59 Å². The molecule has 0 aromatic heterocycles. The molecular weight excluding hydrogens is 456 g/mol. The number of carboxylic acid groups (broad SMARTS) is 1. The van der Waals surface area contributed by atoms with Crippen LogP contribution in [0.15, 0.2) is 0 Å². The number of urea groups is 1. The first-order chi connectivity index (χ1) is 16.1. The first kappa shape index (κ1) is 27.6. The second kappa shape index (κ2) is 16.9. The summed E-state index contributed by atoms with van der Waals surface area (Å²) in [5.74, 6) is -0.151. The molecule has 0 spiro atoms. The van der Waals surface area contributed by atoms with E-state index in [1.54, 1.807) is 0 Å². The molecule has 12 heteroatoms. The number of fused-ring (bicyclic) bond motifs is 1. The minimum absolute atomic E-state index is 0.0101. The molecule has 3 unspecified atom stereocenters. The highest BCUT2D eigenvalue weighted by atomic mass is 32.2. The molecule has 2 fully saturated rings. The number of aliphatic carboxylic acids is 1. The van der Waals surface area contributed by atoms with Crippen molar-refractivity contribution in [3.8, 4) is 0 Å². The third-order valence-electron chi connectivity index (χ3n) is 5.12. The number of esters is 1. The van der Waals surface area contributed by atoms with E-state index in [9.17, 15) is 14.4 Å². The van der Waals surface area contributed by atoms with Gasteiger partial charge < -0.3 is 39.4 Å². The third kappa shape index (κ3) is 12.4. The zero-order chi connectivity index (χ0) is 23.7. The van der Waals surface area contributed by atoms with E-state index >= 15 is 0 Å². The first-order valence-corrected chi connectivity index (χ1v) is 12.5. The van der Waals surface area contributed by atoms with Crippen molar-refractivity contribution in [3.05, 3.63) is 0 Å². The number of carbonyl (C=O) groups is 3. The molecule has 2 heterocycles. The smallest absolute Gasteiger partial charge is 0.315 e. The maximum Gasteiger partial charge on any atom is 0.315 e. The minimum atomic E-state index is -0.882. The Morgan fingerprint density at radius 1 is 0.848 bits per heavy atom. The SMILES string of the molecule is O=C(O)CCOCCOCCOCCOCCOC(=O)CCCCC1SCC2NC(=O)NC21. The molecule has 2 rings (SSSR count). The van der Waals surface area contributed by atoms with Gasteiger partial charge in [0, 0.05) is 17.4 Å². The molecule has 190 valence electrons. The van der Waals surface area contributed by atoms with E-state index in [1.807, 2.05) is 11.8 Å². The fourth-order valence-corrected chi connectivity index (χ4v) is 5.01. The van der Waals surface area contributed by atoms with Gasteiger partial charge in [-0.15, -0.1) is 0 Å². The van der Waals surface area contributed by atoms with E-state index in [4.69, 9.17) is 28.8 Å². The number of hydrogen-bond donors (Lipinski definition) is 3. The topological polar surface area (TPSA) is 142 Å². The summed E-state index contributed by atoms with van der Waals surface area (Å²) < 4.78 is 26.3. The number of carboxylic acids is 1. The average molecular weight is 493 g/mol. The normalized spacial score (nSPS) is 21.5. The number of unbranched alkanes of at least 4 members (excludes halogenated alkanes) is 1. The van der Waals surface area contributed by atoms with E-state index in [0.29, 0.717) is 57.9 Å². The van der Waals surface area contributed by atoms with E-state index in [1.165, 1.54) is 0 Å². The molecule has 33 heavy (non-hydrogen) atoms. The highest BCUT2D eigenvalue weighted by molar-refractivity contribution is 8.00. The van der Waals surface area contributed by atoms with Gasteiger partial charge in [0.15, 0.2) is 0 Å². The summed E-state index contributed by atoms with van der Waals surface area (Å²) in [4.78, 5) is 33.5. The second-order valence-corrected chi connectivity index (χ2v) is 8.95. The zero-order valence-electron chi connectivity index (χ0n) is 19.0. The molecule has 2 saturated heterocycles. The molecule has 0 aromatic carbocycles. The molecule has 0 aromatic rings. The van der Waals surface area contributed by atoms with Gasteiger partial charge >= 0.3 is 18.0 Å². The van der Waals surface area contributed by atoms with Crippen LogP contribution in [0.4, 0.5) is 4.79 Å². The molecule has 0 aliphatic carbocycles. The largest absolute Gasteiger partial charge is 0.481 e. The molecule has 0 radical (unpaired) electrons. The Labute approximate surface area is 198 Å². The summed E-state index contributed by atoms with van der Waals surface area (Å²) in [6.07, 6.45) is 3.07. The van der Waals surface area contributed by atoms with Crippen LogP contribution < -0.4 is 10.6 Å². The van der Waals surface area contributed by atoms with Crippen LogP contribution in [-0.2, 0) is 33.3 Å². The van der Waals surface area contributed by atoms with Crippen molar-refractivity contribution in [2.45, 2.75) is 49.4 Å². The number of rotatable bonds is 20. The van der Waals surface area contributed by atoms with Crippen molar-refractivity contribution in [3.63, 3.8) is 0 Å². The Morgan fingerprint density at radius 2 is 1.45 bits per heavy atom. The van der Waals surface area contributed by atoms with E-state index in [2.05, 4.69) is 10.6 Å². The fraction of sp³-hybridized carbons (Fsp3) is 0.857. The van der Waals surface area contributed by atoms with Gasteiger partial charge in [0.25, 0.3) is 0 Å². The Morgan fingerprint density at radius 3 is 2.09 bits per heavy atom. The van der Waals surface area contributed by atoms with Crippen LogP contribution in [0.5, 0.6) is 0 Å². The lowest BCUT2D eigenvalue weighted by Crippen LogP contribution is -2.36. The summed E-state index contributed by atoms with van der Waals surface area (Å²) in [7, 11) is 0. The van der Waals surface area contributed by atoms with Crippen LogP contribution >= 0.6 is 11.8 Å². The van der Waals surface area contributed by atoms with Crippen LogP contribution in [0.3, 0.4) is 0 Å². The molecule has 2 aliphatic rings. The quantitative estimate of drug-likeness (QED) is 0.127. The predicted octanol–water partition coefficient (Wildman–Crippen LogP) is 0.797. The maximum absolute atomic E-state index is 11.8. The number of thioether (sulfide) groups is 1. The number of hydrogen-bond acceptors (Lipinski definition) is 9. The van der Waals surface area contributed by atoms with Crippen molar-refractivity contribution < 1.29 is 43.2 Å². The summed E-state index contributed by atoms with van der Waals surface area (Å²) in [6.45, 7) is 3.16. The summed E-state index contributed by atoms with van der Waals surface area (Å²) in [6, 6.07) is 0.370. The van der Waals surface area contributed by atoms with Crippen molar-refractivity contribution in [2.75, 3.05) is 65.2 Å². The molecule has 0 saturated carbocycles. The lowest BCUT2D eigenvalue weighted by Gasteiger charge is -2.16. The highest BCUT2D eigenvalue weighted by Gasteiger charge is 2.42. The Hall–Kier alpha value is -1.60. The summed E-state index contributed by atoms with van der Waals surface area (Å²) >= 11 is 1.88. The fourth-order valence-electron chi connectivity index (χ4n) is 3.47. The number of carbonyl (C=O) groups excluding carboxylic acids is 2. The van der Waals surface area contributed by atoms with E-state index in [-0.39, 0.29) is 43.7 Å². The number of ether oxygens (including phenoxy) is 5. The van der Waals surface area contributed by atoms with Crippen LogP contribution in [-0.4, -0.2) is 106 Å². The van der Waals surface area contributed by atoms with Gasteiger partial charge in [0.2, 0.25) is 0 Å². The number of nitrogens with one attached hydrogen (secondary N) is 2. The van der Waals surface area contributed by atoms with Crippen LogP contribution in [0.25, 0.3) is 0 Å². The monoisotopic (exact) mass is 492 g/mol. The predicted molar refractivity (Wildman–Crippen MR) is 120 cm³/mol. The molecule has 2 amide bonds. The maximum atomic E-state index is 11.8. The molecule has 11 nitrogen and oxygen atoms in total. The van der Waals surface area contributed by atoms with Gasteiger partial charge in [-0.1, -0.05) is 6.42 Å². The van der Waals surface area contributed by atoms with Gasteiger partial charge in [0.05, 0.1) is 71.4 Å². The highest BCUT2D eigenvalue weighted by Crippen LogP contribution is 2.33.